The largest absolute Gasteiger partial charge is 0.385 e. The zero-order chi connectivity index (χ0) is 11.8. The second kappa shape index (κ2) is 4.43. The van der Waals surface area contributed by atoms with Crippen LogP contribution in [0.15, 0.2) is 22.7 Å². The third-order valence-electron chi connectivity index (χ3n) is 3.29. The van der Waals surface area contributed by atoms with Crippen molar-refractivity contribution in [3.63, 3.8) is 0 Å². The summed E-state index contributed by atoms with van der Waals surface area (Å²) in [5, 5.41) is 10.4. The van der Waals surface area contributed by atoms with Crippen molar-refractivity contribution in [3.8, 4) is 0 Å². The van der Waals surface area contributed by atoms with E-state index in [-0.39, 0.29) is 11.9 Å². The highest BCUT2D eigenvalue weighted by Crippen LogP contribution is 2.38. The molecule has 4 heteroatoms. The lowest BCUT2D eigenvalue weighted by molar-refractivity contribution is -0.00804. The van der Waals surface area contributed by atoms with Crippen molar-refractivity contribution in [2.75, 3.05) is 0 Å². The monoisotopic (exact) mass is 287 g/mol. The summed E-state index contributed by atoms with van der Waals surface area (Å²) < 4.78 is 14.5. The molecule has 0 aliphatic heterocycles. The lowest BCUT2D eigenvalue weighted by atomic mass is 9.78. The molecule has 0 amide bonds. The Balaban J connectivity index is 2.32. The summed E-state index contributed by atoms with van der Waals surface area (Å²) in [6.07, 6.45) is 2.54. The normalized spacial score (nSPS) is 30.4. The van der Waals surface area contributed by atoms with Gasteiger partial charge in [-0.05, 0) is 43.9 Å². The molecule has 88 valence electrons. The molecule has 0 atom stereocenters. The molecule has 0 bridgehead atoms. The van der Waals surface area contributed by atoms with Crippen molar-refractivity contribution >= 4 is 15.9 Å². The summed E-state index contributed by atoms with van der Waals surface area (Å²) in [7, 11) is 0. The highest BCUT2D eigenvalue weighted by molar-refractivity contribution is 9.10. The van der Waals surface area contributed by atoms with Gasteiger partial charge >= 0.3 is 0 Å². The number of halogens is 2. The molecular weight excluding hydrogens is 273 g/mol. The van der Waals surface area contributed by atoms with E-state index < -0.39 is 5.60 Å². The minimum Gasteiger partial charge on any atom is -0.385 e. The summed E-state index contributed by atoms with van der Waals surface area (Å²) in [6, 6.07) is 4.81. The van der Waals surface area contributed by atoms with Gasteiger partial charge < -0.3 is 10.8 Å². The van der Waals surface area contributed by atoms with Crippen LogP contribution in [-0.4, -0.2) is 11.1 Å². The van der Waals surface area contributed by atoms with Gasteiger partial charge in [-0.25, -0.2) is 4.39 Å². The van der Waals surface area contributed by atoms with Gasteiger partial charge in [0.15, 0.2) is 0 Å². The van der Waals surface area contributed by atoms with Crippen LogP contribution in [0, 0.1) is 5.82 Å². The van der Waals surface area contributed by atoms with Gasteiger partial charge in [0.2, 0.25) is 0 Å². The Hall–Kier alpha value is -0.450. The number of nitrogens with two attached hydrogens (primary N) is 1. The Bertz CT molecular complexity index is 389. The van der Waals surface area contributed by atoms with Crippen LogP contribution in [0.4, 0.5) is 4.39 Å². The molecule has 16 heavy (non-hydrogen) atoms. The van der Waals surface area contributed by atoms with Gasteiger partial charge in [-0.15, -0.1) is 0 Å². The maximum atomic E-state index is 13.7. The first-order valence-corrected chi connectivity index (χ1v) is 6.24. The maximum Gasteiger partial charge on any atom is 0.129 e. The minimum atomic E-state index is -1.05. The smallest absolute Gasteiger partial charge is 0.129 e. The molecule has 0 heterocycles. The first-order valence-electron chi connectivity index (χ1n) is 5.45. The zero-order valence-corrected chi connectivity index (χ0v) is 10.5. The SMILES string of the molecule is NC1CCC(O)(c2cc(Br)ccc2F)CC1. The maximum absolute atomic E-state index is 13.7. The van der Waals surface area contributed by atoms with Gasteiger partial charge in [-0.2, -0.15) is 0 Å². The molecule has 1 aromatic carbocycles. The van der Waals surface area contributed by atoms with Crippen LogP contribution in [0.1, 0.15) is 31.2 Å². The van der Waals surface area contributed by atoms with Gasteiger partial charge in [0.25, 0.3) is 0 Å². The van der Waals surface area contributed by atoms with E-state index in [0.717, 1.165) is 17.3 Å². The highest BCUT2D eigenvalue weighted by Gasteiger charge is 2.35. The molecule has 0 saturated heterocycles. The van der Waals surface area contributed by atoms with Crippen LogP contribution >= 0.6 is 15.9 Å². The Morgan fingerprint density at radius 3 is 2.62 bits per heavy atom. The highest BCUT2D eigenvalue weighted by atomic mass is 79.9. The Morgan fingerprint density at radius 2 is 2.00 bits per heavy atom. The second-order valence-corrected chi connectivity index (χ2v) is 5.41. The molecule has 0 spiro atoms. The molecule has 3 N–H and O–H groups in total. The summed E-state index contributed by atoms with van der Waals surface area (Å²) in [6.45, 7) is 0. The topological polar surface area (TPSA) is 46.2 Å². The third kappa shape index (κ3) is 2.29. The molecular formula is C12H15BrFNO. The number of benzene rings is 1. The zero-order valence-electron chi connectivity index (χ0n) is 8.92. The van der Waals surface area contributed by atoms with Crippen LogP contribution in [-0.2, 0) is 5.60 Å². The van der Waals surface area contributed by atoms with E-state index in [0.29, 0.717) is 18.4 Å². The van der Waals surface area contributed by atoms with Crippen LogP contribution in [0.25, 0.3) is 0 Å². The van der Waals surface area contributed by atoms with Crippen molar-refractivity contribution in [1.29, 1.82) is 0 Å². The molecule has 1 saturated carbocycles. The second-order valence-electron chi connectivity index (χ2n) is 4.49. The predicted molar refractivity (Wildman–Crippen MR) is 64.4 cm³/mol. The first kappa shape index (κ1) is 12.0. The number of rotatable bonds is 1. The average molecular weight is 288 g/mol. The molecule has 0 radical (unpaired) electrons. The number of hydrogen-bond donors (Lipinski definition) is 2. The molecule has 2 nitrogen and oxygen atoms in total. The van der Waals surface area contributed by atoms with Gasteiger partial charge in [0, 0.05) is 16.1 Å². The summed E-state index contributed by atoms with van der Waals surface area (Å²) >= 11 is 3.30. The van der Waals surface area contributed by atoms with E-state index in [4.69, 9.17) is 5.73 Å². The lowest BCUT2D eigenvalue weighted by Gasteiger charge is -2.35. The molecule has 1 fully saturated rings. The van der Waals surface area contributed by atoms with E-state index in [1.807, 2.05) is 0 Å². The number of hydrogen-bond acceptors (Lipinski definition) is 2. The molecule has 0 unspecified atom stereocenters. The standard InChI is InChI=1S/C12H15BrFNO/c13-8-1-2-11(14)10(7-8)12(16)5-3-9(15)4-6-12/h1-2,7,9,16H,3-6,15H2. The molecule has 1 aliphatic rings. The van der Waals surface area contributed by atoms with Gasteiger partial charge in [0.05, 0.1) is 5.60 Å². The predicted octanol–water partition coefficient (Wildman–Crippen LogP) is 2.68. The summed E-state index contributed by atoms with van der Waals surface area (Å²) in [5.41, 5.74) is 5.12. The molecule has 2 rings (SSSR count). The fourth-order valence-corrected chi connectivity index (χ4v) is 2.60. The van der Waals surface area contributed by atoms with Crippen LogP contribution in [0.5, 0.6) is 0 Å². The summed E-state index contributed by atoms with van der Waals surface area (Å²) in [5.74, 6) is -0.346. The quantitative estimate of drug-likeness (QED) is 0.834. The fraction of sp³-hybridized carbons (Fsp3) is 0.500. The van der Waals surface area contributed by atoms with Gasteiger partial charge in [-0.1, -0.05) is 15.9 Å². The van der Waals surface area contributed by atoms with E-state index >= 15 is 0 Å². The Labute approximate surface area is 103 Å². The Morgan fingerprint density at radius 1 is 1.38 bits per heavy atom. The van der Waals surface area contributed by atoms with Crippen molar-refractivity contribution < 1.29 is 9.50 Å². The van der Waals surface area contributed by atoms with Crippen molar-refractivity contribution in [2.24, 2.45) is 5.73 Å². The van der Waals surface area contributed by atoms with Crippen molar-refractivity contribution in [3.05, 3.63) is 34.1 Å². The van der Waals surface area contributed by atoms with Gasteiger partial charge in [-0.3, -0.25) is 0 Å². The van der Waals surface area contributed by atoms with Crippen molar-refractivity contribution in [2.45, 2.75) is 37.3 Å². The van der Waals surface area contributed by atoms with Crippen LogP contribution in [0.2, 0.25) is 0 Å². The first-order chi connectivity index (χ1) is 7.51. The van der Waals surface area contributed by atoms with Crippen LogP contribution in [0.3, 0.4) is 0 Å². The average Bonchev–Trinajstić information content (AvgIpc) is 2.26. The minimum absolute atomic E-state index is 0.135. The lowest BCUT2D eigenvalue weighted by Crippen LogP contribution is -2.37. The van der Waals surface area contributed by atoms with E-state index in [1.54, 1.807) is 12.1 Å². The third-order valence-corrected chi connectivity index (χ3v) is 3.78. The summed E-state index contributed by atoms with van der Waals surface area (Å²) in [4.78, 5) is 0. The van der Waals surface area contributed by atoms with E-state index in [2.05, 4.69) is 15.9 Å². The van der Waals surface area contributed by atoms with Crippen LogP contribution < -0.4 is 5.73 Å². The van der Waals surface area contributed by atoms with E-state index in [9.17, 15) is 9.50 Å². The Kier molecular flexibility index (Phi) is 3.33. The van der Waals surface area contributed by atoms with Crippen molar-refractivity contribution in [1.82, 2.24) is 0 Å². The van der Waals surface area contributed by atoms with Gasteiger partial charge in [0.1, 0.15) is 5.82 Å². The number of aliphatic hydroxyl groups is 1. The molecule has 0 aromatic heterocycles. The van der Waals surface area contributed by atoms with E-state index in [1.165, 1.54) is 6.07 Å². The fourth-order valence-electron chi connectivity index (χ4n) is 2.24. The molecule has 1 aliphatic carbocycles. The molecule has 1 aromatic rings.